The normalized spacial score (nSPS) is 10.9. The van der Waals surface area contributed by atoms with Crippen LogP contribution in [0.3, 0.4) is 0 Å². The molecule has 0 unspecified atom stereocenters. The zero-order chi connectivity index (χ0) is 20.8. The van der Waals surface area contributed by atoms with Gasteiger partial charge in [-0.25, -0.2) is 14.8 Å². The highest BCUT2D eigenvalue weighted by atomic mass is 32.2. The van der Waals surface area contributed by atoms with Crippen molar-refractivity contribution in [3.63, 3.8) is 0 Å². The lowest BCUT2D eigenvalue weighted by Crippen LogP contribution is -2.07. The van der Waals surface area contributed by atoms with Crippen molar-refractivity contribution in [2.24, 2.45) is 0 Å². The molecule has 0 bridgehead atoms. The number of aromatic carboxylic acids is 1. The van der Waals surface area contributed by atoms with Gasteiger partial charge in [0.1, 0.15) is 15.6 Å². The third-order valence-electron chi connectivity index (χ3n) is 4.21. The topological polar surface area (TPSA) is 63.1 Å². The molecule has 0 atom stereocenters. The molecule has 0 radical (unpaired) electrons. The van der Waals surface area contributed by atoms with Crippen LogP contribution >= 0.6 is 35.3 Å². The monoisotopic (exact) mass is 442 g/mol. The second kappa shape index (κ2) is 10.2. The molecule has 0 saturated carbocycles. The van der Waals surface area contributed by atoms with E-state index >= 15 is 0 Å². The van der Waals surface area contributed by atoms with E-state index in [1.807, 2.05) is 20.1 Å². The van der Waals surface area contributed by atoms with Gasteiger partial charge in [-0.15, -0.1) is 23.5 Å². The molecule has 0 aliphatic carbocycles. The second-order valence-electron chi connectivity index (χ2n) is 6.55. The first-order valence-corrected chi connectivity index (χ1v) is 12.2. The first-order chi connectivity index (χ1) is 14.0. The summed E-state index contributed by atoms with van der Waals surface area (Å²) in [5.41, 5.74) is 4.86. The van der Waals surface area contributed by atoms with E-state index < -0.39 is 5.97 Å². The van der Waals surface area contributed by atoms with Crippen LogP contribution in [0.25, 0.3) is 0 Å². The summed E-state index contributed by atoms with van der Waals surface area (Å²) in [5, 5.41) is 11.5. The number of carbonyl (C=O) groups is 1. The highest BCUT2D eigenvalue weighted by Gasteiger charge is 2.21. The number of aromatic nitrogens is 2. The van der Waals surface area contributed by atoms with Crippen LogP contribution in [0.15, 0.2) is 63.7 Å². The fraction of sp³-hybridized carbons (Fsp3) is 0.227. The van der Waals surface area contributed by atoms with Crippen LogP contribution < -0.4 is 0 Å². The molecule has 1 heterocycles. The summed E-state index contributed by atoms with van der Waals surface area (Å²) in [6.07, 6.45) is 1.90. The summed E-state index contributed by atoms with van der Waals surface area (Å²) < 4.78 is 0. The molecule has 0 aliphatic heterocycles. The fourth-order valence-electron chi connectivity index (χ4n) is 2.56. The van der Waals surface area contributed by atoms with Crippen LogP contribution in [0.5, 0.6) is 0 Å². The van der Waals surface area contributed by atoms with Gasteiger partial charge in [-0.3, -0.25) is 0 Å². The van der Waals surface area contributed by atoms with Crippen LogP contribution in [-0.4, -0.2) is 27.3 Å². The number of hydrogen-bond donors (Lipinski definition) is 1. The van der Waals surface area contributed by atoms with Gasteiger partial charge in [0.25, 0.3) is 0 Å². The standard InChI is InChI=1S/C22H22N2O2S3/c1-14-4-8-16(9-5-14)12-28-19-18(21(25)26)20(24-22(23-19)27-3)29-13-17-10-6-15(2)7-11-17/h4-11H,12-13H2,1-3H3,(H,25,26). The number of nitrogens with zero attached hydrogens (tertiary/aromatic N) is 2. The first-order valence-electron chi connectivity index (χ1n) is 9.02. The number of aryl methyl sites for hydroxylation is 2. The third-order valence-corrected chi connectivity index (χ3v) is 6.85. The molecule has 0 saturated heterocycles. The summed E-state index contributed by atoms with van der Waals surface area (Å²) in [6, 6.07) is 16.5. The maximum atomic E-state index is 12.0. The summed E-state index contributed by atoms with van der Waals surface area (Å²) in [4.78, 5) is 21.0. The number of benzene rings is 2. The van der Waals surface area contributed by atoms with Gasteiger partial charge in [-0.1, -0.05) is 71.4 Å². The first kappa shape index (κ1) is 21.7. The molecule has 2 aromatic carbocycles. The molecule has 1 aromatic heterocycles. The molecule has 1 N–H and O–H groups in total. The molecule has 0 amide bonds. The number of hydrogen-bond acceptors (Lipinski definition) is 6. The highest BCUT2D eigenvalue weighted by Crippen LogP contribution is 2.34. The smallest absolute Gasteiger partial charge is 0.341 e. The van der Waals surface area contributed by atoms with Gasteiger partial charge in [0, 0.05) is 11.5 Å². The Morgan fingerprint density at radius 3 is 1.59 bits per heavy atom. The SMILES string of the molecule is CSc1nc(SCc2ccc(C)cc2)c(C(=O)O)c(SCc2ccc(C)cc2)n1. The molecule has 3 aromatic rings. The molecular formula is C22H22N2O2S3. The van der Waals surface area contributed by atoms with Crippen molar-refractivity contribution in [3.8, 4) is 0 Å². The Bertz CT molecular complexity index is 919. The average molecular weight is 443 g/mol. The molecule has 4 nitrogen and oxygen atoms in total. The van der Waals surface area contributed by atoms with Crippen molar-refractivity contribution in [1.82, 2.24) is 9.97 Å². The van der Waals surface area contributed by atoms with E-state index in [0.29, 0.717) is 26.7 Å². The van der Waals surface area contributed by atoms with Crippen LogP contribution in [0, 0.1) is 13.8 Å². The van der Waals surface area contributed by atoms with Crippen LogP contribution in [0.1, 0.15) is 32.6 Å². The highest BCUT2D eigenvalue weighted by molar-refractivity contribution is 7.99. The third kappa shape index (κ3) is 6.01. The van der Waals surface area contributed by atoms with E-state index in [9.17, 15) is 9.90 Å². The van der Waals surface area contributed by atoms with Gasteiger partial charge in [-0.05, 0) is 31.2 Å². The minimum Gasteiger partial charge on any atom is -0.477 e. The van der Waals surface area contributed by atoms with Gasteiger partial charge in [0.15, 0.2) is 5.16 Å². The van der Waals surface area contributed by atoms with Crippen molar-refractivity contribution < 1.29 is 9.90 Å². The van der Waals surface area contributed by atoms with Gasteiger partial charge < -0.3 is 5.11 Å². The lowest BCUT2D eigenvalue weighted by atomic mass is 10.2. The van der Waals surface area contributed by atoms with Crippen LogP contribution in [0.4, 0.5) is 0 Å². The minimum absolute atomic E-state index is 0.192. The van der Waals surface area contributed by atoms with Gasteiger partial charge in [0.05, 0.1) is 0 Å². The molecule has 3 rings (SSSR count). The quantitative estimate of drug-likeness (QED) is 0.257. The van der Waals surface area contributed by atoms with E-state index in [4.69, 9.17) is 0 Å². The number of thioether (sulfide) groups is 3. The van der Waals surface area contributed by atoms with E-state index in [2.05, 4.69) is 58.5 Å². The van der Waals surface area contributed by atoms with Crippen molar-refractivity contribution >= 4 is 41.3 Å². The summed E-state index contributed by atoms with van der Waals surface area (Å²) >= 11 is 4.31. The molecule has 0 fully saturated rings. The summed E-state index contributed by atoms with van der Waals surface area (Å²) in [6.45, 7) is 4.10. The van der Waals surface area contributed by atoms with Crippen molar-refractivity contribution in [2.75, 3.05) is 6.26 Å². The van der Waals surface area contributed by atoms with Crippen molar-refractivity contribution in [2.45, 2.75) is 40.6 Å². The van der Waals surface area contributed by atoms with Crippen molar-refractivity contribution in [1.29, 1.82) is 0 Å². The predicted octanol–water partition coefficient (Wildman–Crippen LogP) is 6.10. The Morgan fingerprint density at radius 2 is 1.24 bits per heavy atom. The van der Waals surface area contributed by atoms with E-state index in [-0.39, 0.29) is 5.56 Å². The Balaban J connectivity index is 1.86. The predicted molar refractivity (Wildman–Crippen MR) is 122 cm³/mol. The number of carboxylic acid groups (broad SMARTS) is 1. The zero-order valence-corrected chi connectivity index (χ0v) is 19.0. The van der Waals surface area contributed by atoms with Crippen LogP contribution in [-0.2, 0) is 11.5 Å². The Labute approximate surface area is 183 Å². The minimum atomic E-state index is -0.990. The Kier molecular flexibility index (Phi) is 7.64. The molecular weight excluding hydrogens is 420 g/mol. The Morgan fingerprint density at radius 1 is 0.828 bits per heavy atom. The fourth-order valence-corrected chi connectivity index (χ4v) is 5.05. The van der Waals surface area contributed by atoms with E-state index in [1.165, 1.54) is 46.4 Å². The summed E-state index contributed by atoms with van der Waals surface area (Å²) in [7, 11) is 0. The second-order valence-corrected chi connectivity index (χ2v) is 9.25. The largest absolute Gasteiger partial charge is 0.477 e. The van der Waals surface area contributed by atoms with Gasteiger partial charge in [-0.2, -0.15) is 0 Å². The van der Waals surface area contributed by atoms with Gasteiger partial charge in [0.2, 0.25) is 0 Å². The lowest BCUT2D eigenvalue weighted by Gasteiger charge is -2.12. The van der Waals surface area contributed by atoms with E-state index in [1.54, 1.807) is 0 Å². The van der Waals surface area contributed by atoms with Crippen molar-refractivity contribution in [3.05, 3.63) is 76.3 Å². The maximum Gasteiger partial charge on any atom is 0.341 e. The molecule has 0 aliphatic rings. The van der Waals surface area contributed by atoms with Gasteiger partial charge >= 0.3 is 5.97 Å². The lowest BCUT2D eigenvalue weighted by molar-refractivity contribution is 0.0686. The molecule has 7 heteroatoms. The van der Waals surface area contributed by atoms with Crippen LogP contribution in [0.2, 0.25) is 0 Å². The average Bonchev–Trinajstić information content (AvgIpc) is 2.72. The zero-order valence-electron chi connectivity index (χ0n) is 16.5. The maximum absolute atomic E-state index is 12.0. The number of carboxylic acids is 1. The number of rotatable bonds is 8. The summed E-state index contributed by atoms with van der Waals surface area (Å²) in [5.74, 6) is 0.330. The molecule has 29 heavy (non-hydrogen) atoms. The van der Waals surface area contributed by atoms with E-state index in [0.717, 1.165) is 11.1 Å². The molecule has 0 spiro atoms. The molecule has 150 valence electrons. The Hall–Kier alpha value is -1.96.